The number of nitrogens with one attached hydrogen (secondary N) is 1. The molecule has 2 aliphatic heterocycles. The topological polar surface area (TPSA) is 86.8 Å². The summed E-state index contributed by atoms with van der Waals surface area (Å²) in [7, 11) is -6.36. The van der Waals surface area contributed by atoms with E-state index < -0.39 is 19.9 Å². The SMILES string of the molecule is O=S1(=O)CCN(S(=O)(=O)CCN2CCNCC2)CC1. The van der Waals surface area contributed by atoms with Gasteiger partial charge in [-0.3, -0.25) is 4.90 Å². The molecule has 0 aromatic heterocycles. The summed E-state index contributed by atoms with van der Waals surface area (Å²) in [5.41, 5.74) is 0. The molecule has 2 aliphatic rings. The van der Waals surface area contributed by atoms with Crippen LogP contribution in [0, 0.1) is 0 Å². The molecule has 0 aliphatic carbocycles. The lowest BCUT2D eigenvalue weighted by molar-refractivity contribution is 0.252. The van der Waals surface area contributed by atoms with Gasteiger partial charge in [-0.25, -0.2) is 16.8 Å². The van der Waals surface area contributed by atoms with E-state index in [-0.39, 0.29) is 30.3 Å². The van der Waals surface area contributed by atoms with E-state index in [0.29, 0.717) is 6.54 Å². The molecule has 2 fully saturated rings. The second kappa shape index (κ2) is 6.04. The van der Waals surface area contributed by atoms with E-state index in [1.54, 1.807) is 0 Å². The zero-order valence-corrected chi connectivity index (χ0v) is 12.5. The highest BCUT2D eigenvalue weighted by molar-refractivity contribution is 7.92. The van der Waals surface area contributed by atoms with Crippen molar-refractivity contribution in [3.63, 3.8) is 0 Å². The van der Waals surface area contributed by atoms with Crippen molar-refractivity contribution in [2.75, 3.05) is 63.1 Å². The maximum atomic E-state index is 12.1. The van der Waals surface area contributed by atoms with Gasteiger partial charge in [0.2, 0.25) is 10.0 Å². The van der Waals surface area contributed by atoms with Crippen molar-refractivity contribution < 1.29 is 16.8 Å². The number of nitrogens with zero attached hydrogens (tertiary/aromatic N) is 2. The highest BCUT2D eigenvalue weighted by Gasteiger charge is 2.30. The monoisotopic (exact) mass is 311 g/mol. The molecule has 0 saturated carbocycles. The summed E-state index contributed by atoms with van der Waals surface area (Å²) in [4.78, 5) is 2.12. The van der Waals surface area contributed by atoms with Crippen LogP contribution in [0.15, 0.2) is 0 Å². The molecule has 2 saturated heterocycles. The first-order valence-corrected chi connectivity index (χ1v) is 9.93. The van der Waals surface area contributed by atoms with Gasteiger partial charge in [-0.1, -0.05) is 0 Å². The van der Waals surface area contributed by atoms with Gasteiger partial charge in [0.25, 0.3) is 0 Å². The lowest BCUT2D eigenvalue weighted by Gasteiger charge is -2.29. The standard InChI is InChI=1S/C10H21N3O4S2/c14-18(15)8-6-13(7-9-18)19(16,17)10-5-12-3-1-11-2-4-12/h11H,1-10H2. The van der Waals surface area contributed by atoms with Crippen LogP contribution in [0.4, 0.5) is 0 Å². The Balaban J connectivity index is 1.84. The van der Waals surface area contributed by atoms with Crippen LogP contribution >= 0.6 is 0 Å². The Bertz CT molecular complexity index is 483. The van der Waals surface area contributed by atoms with Gasteiger partial charge in [-0.05, 0) is 0 Å². The van der Waals surface area contributed by atoms with Gasteiger partial charge in [0.15, 0.2) is 9.84 Å². The van der Waals surface area contributed by atoms with Crippen LogP contribution in [0.5, 0.6) is 0 Å². The average Bonchev–Trinajstić information content (AvgIpc) is 2.37. The quantitative estimate of drug-likeness (QED) is 0.643. The van der Waals surface area contributed by atoms with E-state index in [2.05, 4.69) is 10.2 Å². The lowest BCUT2D eigenvalue weighted by Crippen LogP contribution is -2.48. The number of hydrogen-bond donors (Lipinski definition) is 1. The van der Waals surface area contributed by atoms with Gasteiger partial charge in [0, 0.05) is 45.8 Å². The van der Waals surface area contributed by atoms with Crippen LogP contribution in [0.25, 0.3) is 0 Å². The highest BCUT2D eigenvalue weighted by Crippen LogP contribution is 2.10. The summed E-state index contributed by atoms with van der Waals surface area (Å²) in [6.45, 7) is 4.24. The van der Waals surface area contributed by atoms with Crippen molar-refractivity contribution in [1.29, 1.82) is 0 Å². The highest BCUT2D eigenvalue weighted by atomic mass is 32.2. The zero-order chi connectivity index (χ0) is 13.9. The Kier molecular flexibility index (Phi) is 4.83. The lowest BCUT2D eigenvalue weighted by atomic mass is 10.4. The zero-order valence-electron chi connectivity index (χ0n) is 10.9. The van der Waals surface area contributed by atoms with Gasteiger partial charge < -0.3 is 5.32 Å². The van der Waals surface area contributed by atoms with Crippen molar-refractivity contribution in [2.24, 2.45) is 0 Å². The Labute approximate surface area is 114 Å². The first-order valence-electron chi connectivity index (χ1n) is 6.50. The van der Waals surface area contributed by atoms with Crippen LogP contribution in [0.2, 0.25) is 0 Å². The Hall–Kier alpha value is -0.220. The molecule has 19 heavy (non-hydrogen) atoms. The van der Waals surface area contributed by atoms with Crippen molar-refractivity contribution in [3.05, 3.63) is 0 Å². The molecule has 0 aromatic carbocycles. The van der Waals surface area contributed by atoms with Crippen LogP contribution in [0.3, 0.4) is 0 Å². The molecule has 0 atom stereocenters. The van der Waals surface area contributed by atoms with Crippen molar-refractivity contribution in [2.45, 2.75) is 0 Å². The first-order chi connectivity index (χ1) is 8.89. The normalized spacial score (nSPS) is 26.3. The van der Waals surface area contributed by atoms with Crippen LogP contribution < -0.4 is 5.32 Å². The molecule has 1 N–H and O–H groups in total. The molecule has 0 amide bonds. The van der Waals surface area contributed by atoms with E-state index in [0.717, 1.165) is 26.2 Å². The largest absolute Gasteiger partial charge is 0.314 e. The van der Waals surface area contributed by atoms with E-state index in [9.17, 15) is 16.8 Å². The van der Waals surface area contributed by atoms with Crippen LogP contribution in [-0.2, 0) is 19.9 Å². The molecule has 0 aromatic rings. The molecule has 7 nitrogen and oxygen atoms in total. The van der Waals surface area contributed by atoms with Gasteiger partial charge in [-0.15, -0.1) is 0 Å². The second-order valence-electron chi connectivity index (χ2n) is 4.96. The summed E-state index contributed by atoms with van der Waals surface area (Å²) in [5, 5.41) is 3.22. The molecule has 0 radical (unpaired) electrons. The third-order valence-corrected chi connectivity index (χ3v) is 7.03. The minimum Gasteiger partial charge on any atom is -0.314 e. The van der Waals surface area contributed by atoms with Crippen molar-refractivity contribution in [3.8, 4) is 0 Å². The van der Waals surface area contributed by atoms with Crippen molar-refractivity contribution in [1.82, 2.24) is 14.5 Å². The fourth-order valence-corrected chi connectivity index (χ4v) is 5.20. The van der Waals surface area contributed by atoms with Gasteiger partial charge >= 0.3 is 0 Å². The third kappa shape index (κ3) is 4.38. The van der Waals surface area contributed by atoms with E-state index >= 15 is 0 Å². The number of piperazine rings is 1. The summed E-state index contributed by atoms with van der Waals surface area (Å²) in [5.74, 6) is -0.0349. The van der Waals surface area contributed by atoms with Gasteiger partial charge in [-0.2, -0.15) is 4.31 Å². The fraction of sp³-hybridized carbons (Fsp3) is 1.00. The second-order valence-corrected chi connectivity index (χ2v) is 9.35. The maximum Gasteiger partial charge on any atom is 0.215 e. The molecular weight excluding hydrogens is 290 g/mol. The number of hydrogen-bond acceptors (Lipinski definition) is 6. The average molecular weight is 311 g/mol. The Morgan fingerprint density at radius 1 is 1.00 bits per heavy atom. The molecule has 2 heterocycles. The Morgan fingerprint density at radius 3 is 2.16 bits per heavy atom. The molecule has 9 heteroatoms. The van der Waals surface area contributed by atoms with Crippen LogP contribution in [-0.4, -0.2) is 89.1 Å². The molecule has 2 rings (SSSR count). The van der Waals surface area contributed by atoms with E-state index in [1.165, 1.54) is 4.31 Å². The van der Waals surface area contributed by atoms with Gasteiger partial charge in [0.05, 0.1) is 17.3 Å². The predicted molar refractivity (Wildman–Crippen MR) is 73.3 cm³/mol. The summed E-state index contributed by atoms with van der Waals surface area (Å²) < 4.78 is 48.2. The van der Waals surface area contributed by atoms with E-state index in [1.807, 2.05) is 0 Å². The minimum atomic E-state index is -3.33. The van der Waals surface area contributed by atoms with Crippen molar-refractivity contribution >= 4 is 19.9 Å². The molecule has 0 bridgehead atoms. The molecule has 0 unspecified atom stereocenters. The molecular formula is C10H21N3O4S2. The fourth-order valence-electron chi connectivity index (χ4n) is 2.28. The first kappa shape index (κ1) is 15.2. The molecule has 0 spiro atoms. The Morgan fingerprint density at radius 2 is 1.58 bits per heavy atom. The summed E-state index contributed by atoms with van der Waals surface area (Å²) >= 11 is 0. The van der Waals surface area contributed by atoms with Crippen LogP contribution in [0.1, 0.15) is 0 Å². The maximum absolute atomic E-state index is 12.1. The number of sulfonamides is 1. The number of rotatable bonds is 4. The minimum absolute atomic E-state index is 0.0557. The van der Waals surface area contributed by atoms with E-state index in [4.69, 9.17) is 0 Å². The molecule has 112 valence electrons. The summed E-state index contributed by atoms with van der Waals surface area (Å²) in [6.07, 6.45) is 0. The smallest absolute Gasteiger partial charge is 0.215 e. The van der Waals surface area contributed by atoms with Gasteiger partial charge in [0.1, 0.15) is 0 Å². The number of sulfone groups is 1. The predicted octanol–water partition coefficient (Wildman–Crippen LogP) is -2.05. The summed E-state index contributed by atoms with van der Waals surface area (Å²) in [6, 6.07) is 0. The third-order valence-electron chi connectivity index (χ3n) is 3.57.